The van der Waals surface area contributed by atoms with Crippen molar-refractivity contribution in [3.63, 3.8) is 0 Å². The average Bonchev–Trinajstić information content (AvgIpc) is 2.98. The molecule has 3 rings (SSSR count). The predicted octanol–water partition coefficient (Wildman–Crippen LogP) is 1.95. The summed E-state index contributed by atoms with van der Waals surface area (Å²) in [6, 6.07) is 6.84. The van der Waals surface area contributed by atoms with Crippen LogP contribution in [0.4, 0.5) is 0 Å². The fourth-order valence-electron chi connectivity index (χ4n) is 3.31. The SMILES string of the molecule is O=C(/C=C/[C@H]1[C@@H]2CC(O)O[C@@H]2C[C@@H]1O)COc1cccc(Cl)c1. The lowest BCUT2D eigenvalue weighted by atomic mass is 9.91. The van der Waals surface area contributed by atoms with Crippen LogP contribution < -0.4 is 4.74 Å². The Morgan fingerprint density at radius 1 is 1.39 bits per heavy atom. The first kappa shape index (κ1) is 16.5. The highest BCUT2D eigenvalue weighted by Crippen LogP contribution is 2.43. The smallest absolute Gasteiger partial charge is 0.192 e. The molecule has 6 heteroatoms. The molecule has 0 radical (unpaired) electrons. The zero-order chi connectivity index (χ0) is 16.4. The van der Waals surface area contributed by atoms with Crippen LogP contribution in [0.25, 0.3) is 0 Å². The molecule has 0 bridgehead atoms. The van der Waals surface area contributed by atoms with Gasteiger partial charge in [-0.1, -0.05) is 23.7 Å². The maximum Gasteiger partial charge on any atom is 0.192 e. The van der Waals surface area contributed by atoms with E-state index in [0.29, 0.717) is 23.6 Å². The molecular weight excluding hydrogens is 320 g/mol. The third kappa shape index (κ3) is 3.93. The molecule has 1 aliphatic heterocycles. The number of hydrogen-bond acceptors (Lipinski definition) is 5. The standard InChI is InChI=1S/C17H19ClO5/c18-10-2-1-3-12(6-10)22-9-11(19)4-5-13-14-7-17(21)23-16(14)8-15(13)20/h1-6,13-17,20-21H,7-9H2/b5-4+/t13-,14-,15-,16+,17?/m0/s1. The van der Waals surface area contributed by atoms with Crippen molar-refractivity contribution in [1.29, 1.82) is 0 Å². The van der Waals surface area contributed by atoms with Gasteiger partial charge >= 0.3 is 0 Å². The second-order valence-electron chi connectivity index (χ2n) is 5.98. The minimum Gasteiger partial charge on any atom is -0.485 e. The Kier molecular flexibility index (Phi) is 5.02. The van der Waals surface area contributed by atoms with Crippen LogP contribution in [0.5, 0.6) is 5.75 Å². The first-order valence-corrected chi connectivity index (χ1v) is 8.01. The van der Waals surface area contributed by atoms with E-state index < -0.39 is 12.4 Å². The molecule has 2 fully saturated rings. The number of fused-ring (bicyclic) bond motifs is 1. The molecule has 0 spiro atoms. The van der Waals surface area contributed by atoms with E-state index in [9.17, 15) is 15.0 Å². The third-order valence-electron chi connectivity index (χ3n) is 4.38. The van der Waals surface area contributed by atoms with Gasteiger partial charge in [0.15, 0.2) is 18.7 Å². The first-order chi connectivity index (χ1) is 11.0. The molecule has 5 atom stereocenters. The van der Waals surface area contributed by atoms with Gasteiger partial charge in [0.2, 0.25) is 0 Å². The van der Waals surface area contributed by atoms with E-state index in [-0.39, 0.29) is 30.3 Å². The Hall–Kier alpha value is -1.40. The lowest BCUT2D eigenvalue weighted by Crippen LogP contribution is -2.19. The van der Waals surface area contributed by atoms with Crippen molar-refractivity contribution < 1.29 is 24.5 Å². The van der Waals surface area contributed by atoms with Crippen molar-refractivity contribution in [2.24, 2.45) is 11.8 Å². The maximum atomic E-state index is 11.9. The van der Waals surface area contributed by atoms with Gasteiger partial charge < -0.3 is 19.7 Å². The highest BCUT2D eigenvalue weighted by molar-refractivity contribution is 6.30. The number of aliphatic hydroxyl groups is 2. The van der Waals surface area contributed by atoms with Crippen molar-refractivity contribution in [2.45, 2.75) is 31.3 Å². The lowest BCUT2D eigenvalue weighted by Gasteiger charge is -2.15. The van der Waals surface area contributed by atoms with Gasteiger partial charge in [0, 0.05) is 23.8 Å². The first-order valence-electron chi connectivity index (χ1n) is 7.64. The van der Waals surface area contributed by atoms with Crippen molar-refractivity contribution in [3.05, 3.63) is 41.4 Å². The lowest BCUT2D eigenvalue weighted by molar-refractivity contribution is -0.116. The highest BCUT2D eigenvalue weighted by atomic mass is 35.5. The Morgan fingerprint density at radius 2 is 2.22 bits per heavy atom. The number of ketones is 1. The molecule has 1 unspecified atom stereocenters. The highest BCUT2D eigenvalue weighted by Gasteiger charge is 2.47. The van der Waals surface area contributed by atoms with Gasteiger partial charge in [-0.15, -0.1) is 0 Å². The summed E-state index contributed by atoms with van der Waals surface area (Å²) in [6.07, 6.45) is 2.68. The zero-order valence-corrected chi connectivity index (χ0v) is 13.2. The number of carbonyl (C=O) groups excluding carboxylic acids is 1. The van der Waals surface area contributed by atoms with E-state index in [1.165, 1.54) is 6.08 Å². The van der Waals surface area contributed by atoms with Crippen LogP contribution in [0.2, 0.25) is 5.02 Å². The number of benzene rings is 1. The zero-order valence-electron chi connectivity index (χ0n) is 12.5. The van der Waals surface area contributed by atoms with Crippen molar-refractivity contribution in [3.8, 4) is 5.75 Å². The van der Waals surface area contributed by atoms with Crippen molar-refractivity contribution in [2.75, 3.05) is 6.61 Å². The maximum absolute atomic E-state index is 11.9. The summed E-state index contributed by atoms with van der Waals surface area (Å²) in [7, 11) is 0. The number of halogens is 1. The molecule has 1 heterocycles. The van der Waals surface area contributed by atoms with Gasteiger partial charge in [-0.2, -0.15) is 0 Å². The number of aliphatic hydroxyl groups excluding tert-OH is 2. The summed E-state index contributed by atoms with van der Waals surface area (Å²) in [5.41, 5.74) is 0. The molecule has 2 N–H and O–H groups in total. The monoisotopic (exact) mass is 338 g/mol. The van der Waals surface area contributed by atoms with Crippen LogP contribution in [-0.2, 0) is 9.53 Å². The molecule has 23 heavy (non-hydrogen) atoms. The second kappa shape index (κ2) is 7.01. The Labute approximate surface area is 139 Å². The summed E-state index contributed by atoms with van der Waals surface area (Å²) in [5, 5.41) is 20.1. The summed E-state index contributed by atoms with van der Waals surface area (Å²) >= 11 is 5.85. The van der Waals surface area contributed by atoms with E-state index in [1.807, 2.05) is 0 Å². The molecule has 0 amide bonds. The molecule has 2 aliphatic rings. The van der Waals surface area contributed by atoms with E-state index >= 15 is 0 Å². The minimum atomic E-state index is -0.768. The third-order valence-corrected chi connectivity index (χ3v) is 4.61. The molecule has 1 aromatic carbocycles. The molecule has 0 aromatic heterocycles. The summed E-state index contributed by atoms with van der Waals surface area (Å²) < 4.78 is 10.7. The molecule has 1 saturated carbocycles. The van der Waals surface area contributed by atoms with Crippen molar-refractivity contribution >= 4 is 17.4 Å². The Balaban J connectivity index is 1.54. The quantitative estimate of drug-likeness (QED) is 0.803. The van der Waals surface area contributed by atoms with Gasteiger partial charge in [0.25, 0.3) is 0 Å². The van der Waals surface area contributed by atoms with Crippen LogP contribution >= 0.6 is 11.6 Å². The molecule has 1 aromatic rings. The normalized spacial score (nSPS) is 33.1. The summed E-state index contributed by atoms with van der Waals surface area (Å²) in [6.45, 7) is -0.0904. The number of hydrogen-bond donors (Lipinski definition) is 2. The van der Waals surface area contributed by atoms with E-state index in [4.69, 9.17) is 21.1 Å². The average molecular weight is 339 g/mol. The Bertz CT molecular complexity index is 602. The summed E-state index contributed by atoms with van der Waals surface area (Å²) in [4.78, 5) is 11.9. The molecule has 1 aliphatic carbocycles. The largest absolute Gasteiger partial charge is 0.485 e. The van der Waals surface area contributed by atoms with Gasteiger partial charge in [0.1, 0.15) is 5.75 Å². The fraction of sp³-hybridized carbons (Fsp3) is 0.471. The van der Waals surface area contributed by atoms with Crippen LogP contribution in [-0.4, -0.2) is 41.1 Å². The number of carbonyl (C=O) groups is 1. The number of rotatable bonds is 5. The van der Waals surface area contributed by atoms with Crippen LogP contribution in [0.15, 0.2) is 36.4 Å². The van der Waals surface area contributed by atoms with Crippen molar-refractivity contribution in [1.82, 2.24) is 0 Å². The molecule has 1 saturated heterocycles. The van der Waals surface area contributed by atoms with Gasteiger partial charge in [0.05, 0.1) is 12.2 Å². The van der Waals surface area contributed by atoms with Crippen LogP contribution in [0, 0.1) is 11.8 Å². The topological polar surface area (TPSA) is 76.0 Å². The Morgan fingerprint density at radius 3 is 3.00 bits per heavy atom. The molecule has 5 nitrogen and oxygen atoms in total. The molecule has 124 valence electrons. The van der Waals surface area contributed by atoms with Crippen LogP contribution in [0.3, 0.4) is 0 Å². The van der Waals surface area contributed by atoms with E-state index in [2.05, 4.69) is 0 Å². The fourth-order valence-corrected chi connectivity index (χ4v) is 3.49. The van der Waals surface area contributed by atoms with Gasteiger partial charge in [-0.25, -0.2) is 0 Å². The van der Waals surface area contributed by atoms with Gasteiger partial charge in [-0.05, 0) is 30.2 Å². The van der Waals surface area contributed by atoms with Gasteiger partial charge in [-0.3, -0.25) is 4.79 Å². The number of ether oxygens (including phenoxy) is 2. The van der Waals surface area contributed by atoms with E-state index in [0.717, 1.165) is 0 Å². The minimum absolute atomic E-state index is 0.0536. The predicted molar refractivity (Wildman–Crippen MR) is 84.2 cm³/mol. The summed E-state index contributed by atoms with van der Waals surface area (Å²) in [5.74, 6) is 0.220. The van der Waals surface area contributed by atoms with E-state index in [1.54, 1.807) is 30.3 Å². The molecular formula is C17H19ClO5. The van der Waals surface area contributed by atoms with Crippen LogP contribution in [0.1, 0.15) is 12.8 Å². The second-order valence-corrected chi connectivity index (χ2v) is 6.42.